The Balaban J connectivity index is 1.66. The van der Waals surface area contributed by atoms with Gasteiger partial charge in [0.25, 0.3) is 5.91 Å². The molecule has 6 heteroatoms. The number of hydrogen-bond donors (Lipinski definition) is 1. The van der Waals surface area contributed by atoms with E-state index >= 15 is 0 Å². The minimum atomic E-state index is -0.716. The van der Waals surface area contributed by atoms with Gasteiger partial charge in [0, 0.05) is 10.9 Å². The Hall–Kier alpha value is -2.39. The van der Waals surface area contributed by atoms with Gasteiger partial charge in [-0.1, -0.05) is 6.07 Å². The zero-order chi connectivity index (χ0) is 17.0. The zero-order valence-electron chi connectivity index (χ0n) is 13.5. The third-order valence-electron chi connectivity index (χ3n) is 4.17. The van der Waals surface area contributed by atoms with Gasteiger partial charge < -0.3 is 10.1 Å². The number of benzene rings is 1. The maximum Gasteiger partial charge on any atom is 0.252 e. The fourth-order valence-corrected chi connectivity index (χ4v) is 3.49. The number of nitrogens with zero attached hydrogens (tertiary/aromatic N) is 2. The fraction of sp³-hybridized carbons (Fsp3) is 0.389. The molecular weight excluding hydrogens is 322 g/mol. The number of aromatic nitrogens is 1. The molecule has 124 valence electrons. The van der Waals surface area contributed by atoms with Crippen LogP contribution in [-0.4, -0.2) is 16.4 Å². The predicted octanol–water partition coefficient (Wildman–Crippen LogP) is 3.60. The van der Waals surface area contributed by atoms with Crippen molar-refractivity contribution in [3.05, 3.63) is 45.9 Å². The first-order chi connectivity index (χ1) is 11.6. The monoisotopic (exact) mass is 341 g/mol. The molecule has 5 nitrogen and oxygen atoms in total. The average molecular weight is 341 g/mol. The summed E-state index contributed by atoms with van der Waals surface area (Å²) in [5.74, 6) is 0.388. The van der Waals surface area contributed by atoms with Crippen molar-refractivity contribution in [1.29, 1.82) is 5.26 Å². The molecule has 0 aliphatic heterocycles. The molecule has 1 saturated carbocycles. The van der Waals surface area contributed by atoms with E-state index in [1.807, 2.05) is 18.4 Å². The molecule has 1 aromatic carbocycles. The van der Waals surface area contributed by atoms with E-state index in [9.17, 15) is 10.1 Å². The van der Waals surface area contributed by atoms with Crippen molar-refractivity contribution >= 4 is 17.2 Å². The molecule has 0 atom stereocenters. The molecule has 24 heavy (non-hydrogen) atoms. The van der Waals surface area contributed by atoms with E-state index in [0.717, 1.165) is 23.5 Å². The molecule has 0 unspecified atom stereocenters. The van der Waals surface area contributed by atoms with Gasteiger partial charge >= 0.3 is 0 Å². The van der Waals surface area contributed by atoms with Crippen molar-refractivity contribution in [2.75, 3.05) is 0 Å². The molecular formula is C18H19N3O2S. The smallest absolute Gasteiger partial charge is 0.252 e. The average Bonchev–Trinajstić information content (AvgIpc) is 3.23. The molecule has 1 heterocycles. The lowest BCUT2D eigenvalue weighted by molar-refractivity contribution is 0.0920. The molecule has 1 aromatic heterocycles. The summed E-state index contributed by atoms with van der Waals surface area (Å²) >= 11 is 1.58. The maximum atomic E-state index is 12.5. The largest absolute Gasteiger partial charge is 0.487 e. The van der Waals surface area contributed by atoms with Crippen LogP contribution in [0.3, 0.4) is 0 Å². The summed E-state index contributed by atoms with van der Waals surface area (Å²) in [5, 5.41) is 15.2. The Kier molecular flexibility index (Phi) is 4.81. The van der Waals surface area contributed by atoms with E-state index in [1.165, 1.54) is 0 Å². The van der Waals surface area contributed by atoms with E-state index in [-0.39, 0.29) is 5.91 Å². The van der Waals surface area contributed by atoms with E-state index in [4.69, 9.17) is 4.74 Å². The summed E-state index contributed by atoms with van der Waals surface area (Å²) in [7, 11) is 0. The number of amides is 1. The number of ether oxygens (including phenoxy) is 1. The summed E-state index contributed by atoms with van der Waals surface area (Å²) in [6.45, 7) is 2.32. The summed E-state index contributed by atoms with van der Waals surface area (Å²) in [5.41, 5.74) is 0.664. The van der Waals surface area contributed by atoms with Crippen LogP contribution < -0.4 is 10.1 Å². The van der Waals surface area contributed by atoms with Crippen LogP contribution in [0.5, 0.6) is 5.75 Å². The van der Waals surface area contributed by atoms with Crippen molar-refractivity contribution in [2.24, 2.45) is 0 Å². The van der Waals surface area contributed by atoms with Crippen LogP contribution in [0, 0.1) is 18.3 Å². The van der Waals surface area contributed by atoms with E-state index in [0.29, 0.717) is 30.8 Å². The van der Waals surface area contributed by atoms with Crippen LogP contribution in [0.25, 0.3) is 0 Å². The first-order valence-electron chi connectivity index (χ1n) is 7.98. The summed E-state index contributed by atoms with van der Waals surface area (Å²) < 4.78 is 5.72. The number of thiazole rings is 1. The lowest BCUT2D eigenvalue weighted by atomic mass is 9.99. The summed E-state index contributed by atoms with van der Waals surface area (Å²) in [6, 6.07) is 9.30. The standard InChI is InChI=1S/C18H19N3O2S/c1-13-20-15(11-24-13)10-23-16-6-4-5-14(9-16)17(22)21-18(12-19)7-2-3-8-18/h4-6,9,11H,2-3,7-8,10H2,1H3,(H,21,22). The molecule has 1 fully saturated rings. The highest BCUT2D eigenvalue weighted by Gasteiger charge is 2.35. The van der Waals surface area contributed by atoms with Gasteiger partial charge in [0.15, 0.2) is 0 Å². The van der Waals surface area contributed by atoms with Gasteiger partial charge in [-0.25, -0.2) is 4.98 Å². The number of nitrogens with one attached hydrogen (secondary N) is 1. The van der Waals surface area contributed by atoms with Gasteiger partial charge in [0.2, 0.25) is 0 Å². The third kappa shape index (κ3) is 3.74. The second-order valence-corrected chi connectivity index (χ2v) is 7.09. The Labute approximate surface area is 145 Å². The highest BCUT2D eigenvalue weighted by Crippen LogP contribution is 2.29. The molecule has 0 saturated heterocycles. The van der Waals surface area contributed by atoms with Crippen molar-refractivity contribution < 1.29 is 9.53 Å². The highest BCUT2D eigenvalue weighted by molar-refractivity contribution is 7.09. The quantitative estimate of drug-likeness (QED) is 0.901. The molecule has 1 aliphatic carbocycles. The fourth-order valence-electron chi connectivity index (χ4n) is 2.89. The van der Waals surface area contributed by atoms with Gasteiger partial charge in [0.1, 0.15) is 17.9 Å². The van der Waals surface area contributed by atoms with Crippen LogP contribution in [-0.2, 0) is 6.61 Å². The van der Waals surface area contributed by atoms with Crippen LogP contribution in [0.1, 0.15) is 46.7 Å². The molecule has 2 aromatic rings. The molecule has 1 N–H and O–H groups in total. The first-order valence-corrected chi connectivity index (χ1v) is 8.86. The molecule has 1 amide bonds. The van der Waals surface area contributed by atoms with E-state index in [2.05, 4.69) is 16.4 Å². The highest BCUT2D eigenvalue weighted by atomic mass is 32.1. The summed E-state index contributed by atoms with van der Waals surface area (Å²) in [6.07, 6.45) is 3.39. The van der Waals surface area contributed by atoms with Crippen molar-refractivity contribution in [3.63, 3.8) is 0 Å². The Morgan fingerprint density at radius 1 is 1.46 bits per heavy atom. The zero-order valence-corrected chi connectivity index (χ0v) is 14.4. The van der Waals surface area contributed by atoms with Crippen LogP contribution in [0.4, 0.5) is 0 Å². The molecule has 1 aliphatic rings. The number of hydrogen-bond acceptors (Lipinski definition) is 5. The SMILES string of the molecule is Cc1nc(COc2cccc(C(=O)NC3(C#N)CCCC3)c2)cs1. The summed E-state index contributed by atoms with van der Waals surface area (Å²) in [4.78, 5) is 16.8. The Morgan fingerprint density at radius 2 is 2.25 bits per heavy atom. The van der Waals surface area contributed by atoms with Crippen LogP contribution >= 0.6 is 11.3 Å². The second-order valence-electron chi connectivity index (χ2n) is 6.03. The molecule has 3 rings (SSSR count). The lowest BCUT2D eigenvalue weighted by Crippen LogP contribution is -2.45. The number of carbonyl (C=O) groups is 1. The van der Waals surface area contributed by atoms with Crippen LogP contribution in [0.15, 0.2) is 29.6 Å². The number of aryl methyl sites for hydroxylation is 1. The molecule has 0 bridgehead atoms. The minimum absolute atomic E-state index is 0.228. The van der Waals surface area contributed by atoms with E-state index in [1.54, 1.807) is 29.5 Å². The number of carbonyl (C=O) groups excluding carboxylic acids is 1. The van der Waals surface area contributed by atoms with Gasteiger partial charge in [-0.15, -0.1) is 11.3 Å². The normalized spacial score (nSPS) is 15.7. The van der Waals surface area contributed by atoms with Crippen LogP contribution in [0.2, 0.25) is 0 Å². The predicted molar refractivity (Wildman–Crippen MR) is 91.9 cm³/mol. The second kappa shape index (κ2) is 7.02. The number of nitriles is 1. The van der Waals surface area contributed by atoms with Gasteiger partial charge in [-0.3, -0.25) is 4.79 Å². The molecule has 0 radical (unpaired) electrons. The topological polar surface area (TPSA) is 75.0 Å². The van der Waals surface area contributed by atoms with Crippen molar-refractivity contribution in [1.82, 2.24) is 10.3 Å². The lowest BCUT2D eigenvalue weighted by Gasteiger charge is -2.22. The minimum Gasteiger partial charge on any atom is -0.487 e. The maximum absolute atomic E-state index is 12.5. The van der Waals surface area contributed by atoms with E-state index < -0.39 is 5.54 Å². The van der Waals surface area contributed by atoms with Gasteiger partial charge in [-0.2, -0.15) is 5.26 Å². The molecule has 0 spiro atoms. The van der Waals surface area contributed by atoms with Crippen molar-refractivity contribution in [3.8, 4) is 11.8 Å². The van der Waals surface area contributed by atoms with Gasteiger partial charge in [0.05, 0.1) is 16.8 Å². The Morgan fingerprint density at radius 3 is 2.92 bits per heavy atom. The third-order valence-corrected chi connectivity index (χ3v) is 5.00. The Bertz CT molecular complexity index is 773. The number of rotatable bonds is 5. The van der Waals surface area contributed by atoms with Crippen molar-refractivity contribution in [2.45, 2.75) is 44.8 Å². The first kappa shape index (κ1) is 16.5. The van der Waals surface area contributed by atoms with Gasteiger partial charge in [-0.05, 0) is 50.8 Å².